The molecule has 1 saturated carbocycles. The molecule has 1 aliphatic carbocycles. The molecule has 0 spiro atoms. The summed E-state index contributed by atoms with van der Waals surface area (Å²) in [5.41, 5.74) is 2.67. The first-order valence-electron chi connectivity index (χ1n) is 10.2. The van der Waals surface area contributed by atoms with E-state index in [1.807, 2.05) is 0 Å². The van der Waals surface area contributed by atoms with Crippen LogP contribution in [0.3, 0.4) is 0 Å². The fourth-order valence-electron chi connectivity index (χ4n) is 4.93. The number of aromatic nitrogens is 2. The maximum Gasteiger partial charge on any atom is 0.0638 e. The minimum Gasteiger partial charge on any atom is -0.299 e. The molecule has 2 bridgehead atoms. The van der Waals surface area contributed by atoms with Gasteiger partial charge in [0.05, 0.1) is 5.69 Å². The first-order valence-corrected chi connectivity index (χ1v) is 10.2. The van der Waals surface area contributed by atoms with Gasteiger partial charge in [0, 0.05) is 57.1 Å². The van der Waals surface area contributed by atoms with Crippen LogP contribution < -0.4 is 0 Å². The molecule has 0 unspecified atom stereocenters. The number of fused-ring (bicyclic) bond motifs is 4. The Labute approximate surface area is 147 Å². The van der Waals surface area contributed by atoms with E-state index in [0.717, 1.165) is 37.4 Å². The molecule has 0 aromatic carbocycles. The van der Waals surface area contributed by atoms with E-state index in [2.05, 4.69) is 34.5 Å². The molecule has 4 heterocycles. The lowest BCUT2D eigenvalue weighted by Gasteiger charge is -2.40. The number of hydrogen-bond acceptors (Lipinski definition) is 3. The van der Waals surface area contributed by atoms with Crippen LogP contribution in [-0.4, -0.2) is 51.8 Å². The molecule has 4 aliphatic rings. The number of aryl methyl sites for hydroxylation is 2. The highest BCUT2D eigenvalue weighted by atomic mass is 15.3. The van der Waals surface area contributed by atoms with Crippen molar-refractivity contribution in [3.63, 3.8) is 0 Å². The lowest BCUT2D eigenvalue weighted by Crippen LogP contribution is -2.46. The summed E-state index contributed by atoms with van der Waals surface area (Å²) < 4.78 is 2.14. The monoisotopic (exact) mass is 330 g/mol. The molecule has 3 aliphatic heterocycles. The Morgan fingerprint density at radius 1 is 1.12 bits per heavy atom. The molecule has 2 atom stereocenters. The maximum absolute atomic E-state index is 4.70. The zero-order valence-corrected chi connectivity index (χ0v) is 15.6. The molecule has 0 N–H and O–H groups in total. The quantitative estimate of drug-likeness (QED) is 0.800. The molecule has 0 amide bonds. The van der Waals surface area contributed by atoms with Crippen LogP contribution in [0.1, 0.15) is 56.7 Å². The summed E-state index contributed by atoms with van der Waals surface area (Å²) in [7, 11) is 0. The third kappa shape index (κ3) is 3.55. The number of piperidine rings is 1. The van der Waals surface area contributed by atoms with E-state index >= 15 is 0 Å². The summed E-state index contributed by atoms with van der Waals surface area (Å²) in [5.74, 6) is 1.89. The molecule has 1 aromatic heterocycles. The van der Waals surface area contributed by atoms with E-state index in [4.69, 9.17) is 5.10 Å². The predicted octanol–water partition coefficient (Wildman–Crippen LogP) is 3.30. The first kappa shape index (κ1) is 16.6. The minimum absolute atomic E-state index is 0.801. The van der Waals surface area contributed by atoms with Crippen molar-refractivity contribution in [1.29, 1.82) is 0 Å². The number of nitrogens with zero attached hydrogens (tertiary/aromatic N) is 4. The summed E-state index contributed by atoms with van der Waals surface area (Å²) in [4.78, 5) is 5.58. The van der Waals surface area contributed by atoms with E-state index in [0.29, 0.717) is 0 Å². The van der Waals surface area contributed by atoms with Gasteiger partial charge >= 0.3 is 0 Å². The molecular formula is C20H34N4. The zero-order valence-electron chi connectivity index (χ0n) is 15.6. The highest BCUT2D eigenvalue weighted by Crippen LogP contribution is 2.33. The Bertz CT molecular complexity index is 548. The molecule has 134 valence electrons. The molecule has 4 heteroatoms. The van der Waals surface area contributed by atoms with Gasteiger partial charge in [-0.2, -0.15) is 5.10 Å². The zero-order chi connectivity index (χ0) is 16.5. The van der Waals surface area contributed by atoms with Gasteiger partial charge in [-0.3, -0.25) is 14.5 Å². The topological polar surface area (TPSA) is 24.3 Å². The van der Waals surface area contributed by atoms with Crippen LogP contribution in [0.5, 0.6) is 0 Å². The molecule has 0 radical (unpaired) electrons. The first-order chi connectivity index (χ1) is 11.7. The Kier molecular flexibility index (Phi) is 4.95. The lowest BCUT2D eigenvalue weighted by molar-refractivity contribution is 0.0891. The van der Waals surface area contributed by atoms with Gasteiger partial charge in [0.1, 0.15) is 0 Å². The highest BCUT2D eigenvalue weighted by Gasteiger charge is 2.36. The smallest absolute Gasteiger partial charge is 0.0638 e. The second kappa shape index (κ2) is 7.17. The van der Waals surface area contributed by atoms with Gasteiger partial charge in [-0.15, -0.1) is 0 Å². The van der Waals surface area contributed by atoms with Gasteiger partial charge < -0.3 is 0 Å². The van der Waals surface area contributed by atoms with Crippen molar-refractivity contribution in [2.45, 2.75) is 71.5 Å². The van der Waals surface area contributed by atoms with Crippen LogP contribution in [-0.2, 0) is 13.1 Å². The van der Waals surface area contributed by atoms with Crippen LogP contribution >= 0.6 is 0 Å². The fraction of sp³-hybridized carbons (Fsp3) is 0.850. The second-order valence-corrected chi connectivity index (χ2v) is 8.54. The van der Waals surface area contributed by atoms with Crippen molar-refractivity contribution in [1.82, 2.24) is 19.6 Å². The van der Waals surface area contributed by atoms with Gasteiger partial charge in [-0.25, -0.2) is 0 Å². The van der Waals surface area contributed by atoms with E-state index in [-0.39, 0.29) is 0 Å². The standard InChI is InChI=1S/C20H34N4/c1-3-9-24-14-19(16(2)21-24)13-22-10-18-7-8-20(15-22)23(12-18)11-17-5-4-6-17/h14,17-18,20H,3-13,15H2,1-2H3/t18-,20+/m0/s1. The van der Waals surface area contributed by atoms with Crippen LogP contribution in [0.4, 0.5) is 0 Å². The molecule has 4 nitrogen and oxygen atoms in total. The van der Waals surface area contributed by atoms with E-state index in [9.17, 15) is 0 Å². The fourth-order valence-corrected chi connectivity index (χ4v) is 4.93. The molecule has 4 fully saturated rings. The van der Waals surface area contributed by atoms with Crippen LogP contribution in [0, 0.1) is 18.8 Å². The van der Waals surface area contributed by atoms with Crippen LogP contribution in [0.25, 0.3) is 0 Å². The summed E-state index contributed by atoms with van der Waals surface area (Å²) in [6, 6.07) is 0.801. The molecule has 5 rings (SSSR count). The van der Waals surface area contributed by atoms with Crippen molar-refractivity contribution >= 4 is 0 Å². The molecular weight excluding hydrogens is 296 g/mol. The average Bonchev–Trinajstić information content (AvgIpc) is 2.69. The average molecular weight is 331 g/mol. The molecule has 1 aromatic rings. The van der Waals surface area contributed by atoms with Crippen LogP contribution in [0.15, 0.2) is 6.20 Å². The predicted molar refractivity (Wildman–Crippen MR) is 98.0 cm³/mol. The molecule has 3 saturated heterocycles. The Morgan fingerprint density at radius 3 is 2.75 bits per heavy atom. The van der Waals surface area contributed by atoms with Gasteiger partial charge in [0.25, 0.3) is 0 Å². The third-order valence-electron chi connectivity index (χ3n) is 6.51. The number of rotatable bonds is 6. The van der Waals surface area contributed by atoms with Gasteiger partial charge in [-0.05, 0) is 50.9 Å². The third-order valence-corrected chi connectivity index (χ3v) is 6.51. The van der Waals surface area contributed by atoms with E-state index in [1.165, 1.54) is 69.5 Å². The van der Waals surface area contributed by atoms with Gasteiger partial charge in [-0.1, -0.05) is 13.3 Å². The van der Waals surface area contributed by atoms with Gasteiger partial charge in [0.15, 0.2) is 0 Å². The summed E-state index contributed by atoms with van der Waals surface area (Å²) >= 11 is 0. The van der Waals surface area contributed by atoms with Crippen molar-refractivity contribution in [3.05, 3.63) is 17.5 Å². The minimum atomic E-state index is 0.801. The van der Waals surface area contributed by atoms with Crippen LogP contribution in [0.2, 0.25) is 0 Å². The summed E-state index contributed by atoms with van der Waals surface area (Å²) in [6.45, 7) is 11.8. The summed E-state index contributed by atoms with van der Waals surface area (Å²) in [6.07, 6.45) is 10.7. The van der Waals surface area contributed by atoms with Crippen molar-refractivity contribution in [2.75, 3.05) is 26.2 Å². The second-order valence-electron chi connectivity index (χ2n) is 8.54. The Balaban J connectivity index is 1.40. The van der Waals surface area contributed by atoms with E-state index < -0.39 is 0 Å². The normalized spacial score (nSPS) is 28.9. The lowest BCUT2D eigenvalue weighted by atomic mass is 9.83. The van der Waals surface area contributed by atoms with Crippen molar-refractivity contribution in [2.24, 2.45) is 11.8 Å². The van der Waals surface area contributed by atoms with E-state index in [1.54, 1.807) is 0 Å². The number of hydrogen-bond donors (Lipinski definition) is 0. The SMILES string of the molecule is CCCn1cc(CN2C[C@@H]3CC[C@H](C2)N(CC2CCC2)C3)c(C)n1. The summed E-state index contributed by atoms with van der Waals surface area (Å²) in [5, 5.41) is 4.70. The Hall–Kier alpha value is -0.870. The Morgan fingerprint density at radius 2 is 2.00 bits per heavy atom. The molecule has 24 heavy (non-hydrogen) atoms. The highest BCUT2D eigenvalue weighted by molar-refractivity contribution is 5.15. The van der Waals surface area contributed by atoms with Gasteiger partial charge in [0.2, 0.25) is 0 Å². The maximum atomic E-state index is 4.70. The van der Waals surface area contributed by atoms with Crippen molar-refractivity contribution in [3.8, 4) is 0 Å². The largest absolute Gasteiger partial charge is 0.299 e. The van der Waals surface area contributed by atoms with Crippen molar-refractivity contribution < 1.29 is 0 Å².